The molecule has 0 aliphatic rings. The third kappa shape index (κ3) is 7.44. The van der Waals surface area contributed by atoms with Crippen LogP contribution in [0.5, 0.6) is 0 Å². The van der Waals surface area contributed by atoms with Crippen molar-refractivity contribution in [1.29, 1.82) is 0 Å². The Labute approximate surface area is 184 Å². The number of hydrogen-bond acceptors (Lipinski definition) is 4. The predicted octanol–water partition coefficient (Wildman–Crippen LogP) is 6.11. The summed E-state index contributed by atoms with van der Waals surface area (Å²) < 4.78 is 5.27. The predicted molar refractivity (Wildman–Crippen MR) is 127 cm³/mol. The molecule has 6 heteroatoms. The molecule has 0 spiro atoms. The summed E-state index contributed by atoms with van der Waals surface area (Å²) in [5, 5.41) is 4.81. The van der Waals surface area contributed by atoms with Crippen LogP contribution in [0.1, 0.15) is 67.3 Å². The number of unbranched alkanes of at least 4 members (excludes halogenated alkanes) is 2. The molecule has 0 bridgehead atoms. The Balaban J connectivity index is 2.21. The average molecular weight is 433 g/mol. The first-order valence-corrected chi connectivity index (χ1v) is 11.7. The Bertz CT molecular complexity index is 766. The lowest BCUT2D eigenvalue weighted by molar-refractivity contribution is 0.0528. The highest BCUT2D eigenvalue weighted by Gasteiger charge is 2.20. The van der Waals surface area contributed by atoms with Crippen molar-refractivity contribution in [2.45, 2.75) is 52.9 Å². The first-order chi connectivity index (χ1) is 14.1. The maximum Gasteiger partial charge on any atom is 0.341 e. The van der Waals surface area contributed by atoms with Crippen LogP contribution in [0.25, 0.3) is 0 Å². The fraction of sp³-hybridized carbons (Fsp3) is 0.478. The van der Waals surface area contributed by atoms with Crippen LogP contribution in [0, 0.1) is 0 Å². The molecule has 2 aromatic rings. The molecule has 158 valence electrons. The number of carbonyl (C=O) groups is 1. The molecule has 0 unspecified atom stereocenters. The van der Waals surface area contributed by atoms with Crippen LogP contribution in [0.2, 0.25) is 0 Å². The van der Waals surface area contributed by atoms with E-state index in [0.29, 0.717) is 17.3 Å². The fourth-order valence-electron chi connectivity index (χ4n) is 2.97. The Morgan fingerprint density at radius 1 is 1.10 bits per heavy atom. The van der Waals surface area contributed by atoms with Crippen molar-refractivity contribution in [2.75, 3.05) is 25.0 Å². The van der Waals surface area contributed by atoms with Crippen molar-refractivity contribution in [1.82, 2.24) is 4.90 Å². The Morgan fingerprint density at radius 2 is 1.76 bits per heavy atom. The highest BCUT2D eigenvalue weighted by Crippen LogP contribution is 2.31. The number of nitrogens with one attached hydrogen (secondary N) is 1. The number of benzene rings is 1. The molecule has 0 saturated carbocycles. The van der Waals surface area contributed by atoms with Crippen LogP contribution in [0.4, 0.5) is 5.00 Å². The van der Waals surface area contributed by atoms with Gasteiger partial charge in [0.05, 0.1) is 12.2 Å². The summed E-state index contributed by atoms with van der Waals surface area (Å²) in [4.78, 5) is 15.8. The number of thiocarbonyl (C=S) groups is 1. The number of thiophene rings is 1. The van der Waals surface area contributed by atoms with Crippen LogP contribution in [-0.2, 0) is 11.2 Å². The maximum absolute atomic E-state index is 12.5. The molecule has 4 nitrogen and oxygen atoms in total. The molecule has 0 amide bonds. The molecule has 29 heavy (non-hydrogen) atoms. The van der Waals surface area contributed by atoms with Gasteiger partial charge in [-0.3, -0.25) is 0 Å². The zero-order valence-electron chi connectivity index (χ0n) is 17.7. The van der Waals surface area contributed by atoms with Gasteiger partial charge in [-0.15, -0.1) is 11.3 Å². The van der Waals surface area contributed by atoms with Crippen molar-refractivity contribution in [3.63, 3.8) is 0 Å². The van der Waals surface area contributed by atoms with Crippen LogP contribution in [0.15, 0.2) is 36.4 Å². The van der Waals surface area contributed by atoms with E-state index in [1.165, 1.54) is 5.56 Å². The highest BCUT2D eigenvalue weighted by atomic mass is 32.1. The third-order valence-corrected chi connectivity index (χ3v) is 5.98. The van der Waals surface area contributed by atoms with Gasteiger partial charge in [0, 0.05) is 24.4 Å². The van der Waals surface area contributed by atoms with Gasteiger partial charge in [0.25, 0.3) is 0 Å². The second kappa shape index (κ2) is 12.6. The van der Waals surface area contributed by atoms with Crippen molar-refractivity contribution in [2.24, 2.45) is 0 Å². The van der Waals surface area contributed by atoms with E-state index in [1.54, 1.807) is 11.3 Å². The highest BCUT2D eigenvalue weighted by molar-refractivity contribution is 7.80. The standard InChI is InChI=1S/C23H32N2O2S2/c1-4-7-14-25(15-8-5-2)23(28)24-21-20(22(26)27-6-3)17-19(29-21)16-18-12-10-9-11-13-18/h9-13,17H,4-8,14-16H2,1-3H3,(H,24,28). The molecule has 1 aromatic heterocycles. The summed E-state index contributed by atoms with van der Waals surface area (Å²) in [6, 6.07) is 12.2. The fourth-order valence-corrected chi connectivity index (χ4v) is 4.40. The van der Waals surface area contributed by atoms with Crippen LogP contribution in [-0.4, -0.2) is 35.7 Å². The number of ether oxygens (including phenoxy) is 1. The monoisotopic (exact) mass is 432 g/mol. The van der Waals surface area contributed by atoms with Crippen LogP contribution >= 0.6 is 23.6 Å². The molecule has 0 saturated heterocycles. The van der Waals surface area contributed by atoms with E-state index in [0.717, 1.165) is 55.1 Å². The third-order valence-electron chi connectivity index (χ3n) is 4.57. The molecule has 0 radical (unpaired) electrons. The Kier molecular flexibility index (Phi) is 10.2. The van der Waals surface area contributed by atoms with Gasteiger partial charge in [-0.05, 0) is 43.6 Å². The van der Waals surface area contributed by atoms with E-state index in [4.69, 9.17) is 17.0 Å². The zero-order chi connectivity index (χ0) is 21.1. The zero-order valence-corrected chi connectivity index (χ0v) is 19.3. The number of hydrogen-bond donors (Lipinski definition) is 1. The molecule has 0 aliphatic carbocycles. The van der Waals surface area contributed by atoms with Crippen LogP contribution < -0.4 is 5.32 Å². The molecule has 2 rings (SSSR count). The molecule has 1 N–H and O–H groups in total. The number of anilines is 1. The molecule has 0 fully saturated rings. The van der Waals surface area contributed by atoms with E-state index in [-0.39, 0.29) is 5.97 Å². The van der Waals surface area contributed by atoms with Crippen molar-refractivity contribution < 1.29 is 9.53 Å². The summed E-state index contributed by atoms with van der Waals surface area (Å²) in [7, 11) is 0. The lowest BCUT2D eigenvalue weighted by Gasteiger charge is -2.25. The van der Waals surface area contributed by atoms with Gasteiger partial charge in [0.1, 0.15) is 5.00 Å². The maximum atomic E-state index is 12.5. The number of esters is 1. The molecular weight excluding hydrogens is 400 g/mol. The van der Waals surface area contributed by atoms with Gasteiger partial charge in [-0.25, -0.2) is 4.79 Å². The molecule has 1 aromatic carbocycles. The normalized spacial score (nSPS) is 10.6. The van der Waals surface area contributed by atoms with Crippen molar-refractivity contribution in [3.05, 3.63) is 52.4 Å². The van der Waals surface area contributed by atoms with E-state index in [9.17, 15) is 4.79 Å². The summed E-state index contributed by atoms with van der Waals surface area (Å²) in [6.45, 7) is 8.40. The summed E-state index contributed by atoms with van der Waals surface area (Å²) in [6.07, 6.45) is 5.22. The number of nitrogens with zero attached hydrogens (tertiary/aromatic N) is 1. The minimum atomic E-state index is -0.304. The molecule has 0 aliphatic heterocycles. The van der Waals surface area contributed by atoms with Gasteiger partial charge in [0.15, 0.2) is 5.11 Å². The second-order valence-corrected chi connectivity index (χ2v) is 8.49. The molecular formula is C23H32N2O2S2. The number of carbonyl (C=O) groups excluding carboxylic acids is 1. The van der Waals surface area contributed by atoms with Gasteiger partial charge < -0.3 is 15.0 Å². The summed E-state index contributed by atoms with van der Waals surface area (Å²) in [5.41, 5.74) is 1.78. The quantitative estimate of drug-likeness (QED) is 0.342. The van der Waals surface area contributed by atoms with E-state index in [2.05, 4.69) is 36.2 Å². The van der Waals surface area contributed by atoms with Gasteiger partial charge in [-0.2, -0.15) is 0 Å². The molecule has 0 atom stereocenters. The SMILES string of the molecule is CCCCN(CCCC)C(=S)Nc1sc(Cc2ccccc2)cc1C(=O)OCC. The average Bonchev–Trinajstić information content (AvgIpc) is 3.11. The first-order valence-electron chi connectivity index (χ1n) is 10.5. The Hall–Kier alpha value is -1.92. The molecule has 1 heterocycles. The second-order valence-electron chi connectivity index (χ2n) is 6.96. The van der Waals surface area contributed by atoms with Gasteiger partial charge >= 0.3 is 5.97 Å². The topological polar surface area (TPSA) is 41.6 Å². The smallest absolute Gasteiger partial charge is 0.341 e. The van der Waals surface area contributed by atoms with E-state index >= 15 is 0 Å². The van der Waals surface area contributed by atoms with E-state index < -0.39 is 0 Å². The van der Waals surface area contributed by atoms with E-state index in [1.807, 2.05) is 31.2 Å². The minimum absolute atomic E-state index is 0.304. The lowest BCUT2D eigenvalue weighted by Crippen LogP contribution is -2.36. The number of rotatable bonds is 11. The summed E-state index contributed by atoms with van der Waals surface area (Å²) in [5.74, 6) is -0.304. The Morgan fingerprint density at radius 3 is 2.34 bits per heavy atom. The van der Waals surface area contributed by atoms with Gasteiger partial charge in [-0.1, -0.05) is 57.0 Å². The largest absolute Gasteiger partial charge is 0.462 e. The minimum Gasteiger partial charge on any atom is -0.462 e. The van der Waals surface area contributed by atoms with Gasteiger partial charge in [0.2, 0.25) is 0 Å². The van der Waals surface area contributed by atoms with Crippen LogP contribution in [0.3, 0.4) is 0 Å². The van der Waals surface area contributed by atoms with Crippen molar-refractivity contribution >= 4 is 39.6 Å². The summed E-state index contributed by atoms with van der Waals surface area (Å²) >= 11 is 7.28. The lowest BCUT2D eigenvalue weighted by atomic mass is 10.1. The first kappa shape index (κ1) is 23.4. The van der Waals surface area contributed by atoms with Crippen molar-refractivity contribution in [3.8, 4) is 0 Å².